The molecular weight excluding hydrogens is 272 g/mol. The molecule has 2 aromatic rings. The number of piperidine rings is 1. The first-order chi connectivity index (χ1) is 10.7. The summed E-state index contributed by atoms with van der Waals surface area (Å²) in [6.45, 7) is 2.00. The summed E-state index contributed by atoms with van der Waals surface area (Å²) in [5.41, 5.74) is 2.73. The quantitative estimate of drug-likeness (QED) is 0.819. The molecule has 1 aromatic carbocycles. The molecule has 1 spiro atoms. The molecule has 1 saturated carbocycles. The van der Waals surface area contributed by atoms with Gasteiger partial charge < -0.3 is 9.88 Å². The van der Waals surface area contributed by atoms with Crippen LogP contribution < -0.4 is 10.5 Å². The normalized spacial score (nSPS) is 19.9. The van der Waals surface area contributed by atoms with Crippen LogP contribution in [-0.4, -0.2) is 18.1 Å². The highest BCUT2D eigenvalue weighted by Gasteiger charge is 2.40. The first-order valence-electron chi connectivity index (χ1n) is 8.09. The molecule has 2 heterocycles. The third-order valence-electron chi connectivity index (χ3n) is 5.59. The molecule has 0 radical (unpaired) electrons. The Kier molecular flexibility index (Phi) is 3.00. The minimum absolute atomic E-state index is 0.153. The molecule has 112 valence electrons. The van der Waals surface area contributed by atoms with Gasteiger partial charge in [0.25, 0.3) is 5.56 Å². The van der Waals surface area contributed by atoms with E-state index in [0.717, 1.165) is 29.7 Å². The fourth-order valence-electron chi connectivity index (χ4n) is 4.07. The van der Waals surface area contributed by atoms with Crippen molar-refractivity contribution >= 4 is 16.6 Å². The summed E-state index contributed by atoms with van der Waals surface area (Å²) in [5.74, 6) is 2.62. The summed E-state index contributed by atoms with van der Waals surface area (Å²) in [5, 5.41) is 1.06. The fourth-order valence-corrected chi connectivity index (χ4v) is 4.07. The second-order valence-corrected chi connectivity index (χ2v) is 6.71. The predicted octanol–water partition coefficient (Wildman–Crippen LogP) is 3.28. The van der Waals surface area contributed by atoms with Gasteiger partial charge in [0, 0.05) is 18.5 Å². The van der Waals surface area contributed by atoms with Gasteiger partial charge in [-0.3, -0.25) is 4.79 Å². The first-order valence-corrected chi connectivity index (χ1v) is 8.09. The summed E-state index contributed by atoms with van der Waals surface area (Å²) in [7, 11) is 0. The van der Waals surface area contributed by atoms with Gasteiger partial charge in [-0.05, 0) is 37.2 Å². The van der Waals surface area contributed by atoms with Crippen molar-refractivity contribution in [1.29, 1.82) is 0 Å². The van der Waals surface area contributed by atoms with Crippen molar-refractivity contribution in [3.8, 4) is 12.3 Å². The number of para-hydroxylation sites is 1. The number of nitrogens with zero attached hydrogens (tertiary/aromatic N) is 1. The Morgan fingerprint density at radius 3 is 2.50 bits per heavy atom. The maximum atomic E-state index is 12.3. The predicted molar refractivity (Wildman–Crippen MR) is 90.2 cm³/mol. The molecule has 0 atom stereocenters. The van der Waals surface area contributed by atoms with E-state index in [1.807, 2.05) is 18.2 Å². The number of terminal acetylenes is 1. The van der Waals surface area contributed by atoms with Crippen molar-refractivity contribution in [2.45, 2.75) is 32.1 Å². The minimum Gasteiger partial charge on any atom is -0.370 e. The summed E-state index contributed by atoms with van der Waals surface area (Å²) in [6.07, 6.45) is 12.2. The van der Waals surface area contributed by atoms with Gasteiger partial charge in [0.05, 0.1) is 11.2 Å². The van der Waals surface area contributed by atoms with Crippen LogP contribution in [0.4, 0.5) is 5.69 Å². The zero-order chi connectivity index (χ0) is 15.2. The van der Waals surface area contributed by atoms with E-state index >= 15 is 0 Å². The first kappa shape index (κ1) is 13.5. The smallest absolute Gasteiger partial charge is 0.266 e. The lowest BCUT2D eigenvalue weighted by Crippen LogP contribution is -2.44. The third kappa shape index (κ3) is 1.94. The average Bonchev–Trinajstić information content (AvgIpc) is 2.52. The van der Waals surface area contributed by atoms with Crippen LogP contribution in [0.15, 0.2) is 29.1 Å². The van der Waals surface area contributed by atoms with Crippen LogP contribution in [0.1, 0.15) is 37.7 Å². The minimum atomic E-state index is -0.153. The van der Waals surface area contributed by atoms with Gasteiger partial charge in [-0.1, -0.05) is 30.5 Å². The van der Waals surface area contributed by atoms with Crippen LogP contribution in [-0.2, 0) is 0 Å². The number of hydrogen-bond acceptors (Lipinski definition) is 2. The average molecular weight is 292 g/mol. The maximum absolute atomic E-state index is 12.3. The van der Waals surface area contributed by atoms with Crippen LogP contribution in [0.25, 0.3) is 10.9 Å². The molecule has 3 heteroatoms. The molecule has 4 rings (SSSR count). The van der Waals surface area contributed by atoms with Gasteiger partial charge in [0.2, 0.25) is 0 Å². The fraction of sp³-hybridized carbons (Fsp3) is 0.421. The lowest BCUT2D eigenvalue weighted by atomic mass is 9.63. The van der Waals surface area contributed by atoms with Crippen molar-refractivity contribution in [1.82, 2.24) is 4.98 Å². The molecule has 0 unspecified atom stereocenters. The molecule has 2 aliphatic rings. The van der Waals surface area contributed by atoms with E-state index in [0.29, 0.717) is 11.0 Å². The van der Waals surface area contributed by atoms with E-state index in [4.69, 9.17) is 6.42 Å². The second kappa shape index (κ2) is 4.91. The van der Waals surface area contributed by atoms with Crippen molar-refractivity contribution in [3.63, 3.8) is 0 Å². The van der Waals surface area contributed by atoms with Crippen molar-refractivity contribution < 1.29 is 0 Å². The number of pyridine rings is 1. The molecule has 0 amide bonds. The van der Waals surface area contributed by atoms with Crippen molar-refractivity contribution in [3.05, 3.63) is 40.2 Å². The van der Waals surface area contributed by atoms with E-state index in [-0.39, 0.29) is 5.56 Å². The number of rotatable bonds is 1. The molecular formula is C19H20N2O. The molecule has 1 N–H and O–H groups in total. The Bertz CT molecular complexity index is 813. The highest BCUT2D eigenvalue weighted by atomic mass is 16.1. The molecule has 22 heavy (non-hydrogen) atoms. The van der Waals surface area contributed by atoms with Crippen molar-refractivity contribution in [2.75, 3.05) is 18.0 Å². The molecule has 1 aliphatic carbocycles. The van der Waals surface area contributed by atoms with Gasteiger partial charge in [-0.15, -0.1) is 6.42 Å². The maximum Gasteiger partial charge on any atom is 0.266 e. The number of hydrogen-bond donors (Lipinski definition) is 1. The van der Waals surface area contributed by atoms with Crippen LogP contribution in [0.2, 0.25) is 0 Å². The van der Waals surface area contributed by atoms with Crippen LogP contribution >= 0.6 is 0 Å². The number of nitrogens with one attached hydrogen (secondary N) is 1. The Hall–Kier alpha value is -2.21. The van der Waals surface area contributed by atoms with Gasteiger partial charge >= 0.3 is 0 Å². The molecule has 1 aromatic heterocycles. The Balaban J connectivity index is 1.80. The lowest BCUT2D eigenvalue weighted by molar-refractivity contribution is 0.0956. The molecule has 1 aliphatic heterocycles. The van der Waals surface area contributed by atoms with E-state index in [1.165, 1.54) is 32.1 Å². The third-order valence-corrected chi connectivity index (χ3v) is 5.59. The highest BCUT2D eigenvalue weighted by Crippen LogP contribution is 2.49. The monoisotopic (exact) mass is 292 g/mol. The molecule has 2 fully saturated rings. The zero-order valence-electron chi connectivity index (χ0n) is 12.7. The van der Waals surface area contributed by atoms with E-state index < -0.39 is 0 Å². The number of anilines is 1. The van der Waals surface area contributed by atoms with Gasteiger partial charge in [-0.2, -0.15) is 0 Å². The largest absolute Gasteiger partial charge is 0.370 e. The van der Waals surface area contributed by atoms with Crippen molar-refractivity contribution in [2.24, 2.45) is 5.41 Å². The Morgan fingerprint density at radius 2 is 1.86 bits per heavy atom. The number of benzene rings is 1. The second-order valence-electron chi connectivity index (χ2n) is 6.71. The molecule has 1 saturated heterocycles. The topological polar surface area (TPSA) is 36.1 Å². The van der Waals surface area contributed by atoms with Crippen LogP contribution in [0, 0.1) is 17.8 Å². The summed E-state index contributed by atoms with van der Waals surface area (Å²) >= 11 is 0. The van der Waals surface area contributed by atoms with E-state index in [9.17, 15) is 4.79 Å². The number of aromatic amines is 1. The number of fused-ring (bicyclic) bond motifs is 1. The zero-order valence-corrected chi connectivity index (χ0v) is 12.7. The van der Waals surface area contributed by atoms with Crippen LogP contribution in [0.5, 0.6) is 0 Å². The SMILES string of the molecule is C#Cc1c(N2CCC3(CCC3)CC2)c2ccccc2[nH]c1=O. The number of aromatic nitrogens is 1. The van der Waals surface area contributed by atoms with Gasteiger partial charge in [-0.25, -0.2) is 0 Å². The summed E-state index contributed by atoms with van der Waals surface area (Å²) in [4.78, 5) is 17.5. The highest BCUT2D eigenvalue weighted by molar-refractivity contribution is 5.94. The molecule has 0 bridgehead atoms. The number of H-pyrrole nitrogens is 1. The lowest BCUT2D eigenvalue weighted by Gasteiger charge is -2.48. The van der Waals surface area contributed by atoms with Gasteiger partial charge in [0.1, 0.15) is 5.56 Å². The Labute approximate surface area is 130 Å². The van der Waals surface area contributed by atoms with Crippen LogP contribution in [0.3, 0.4) is 0 Å². The van der Waals surface area contributed by atoms with E-state index in [2.05, 4.69) is 21.9 Å². The standard InChI is InChI=1S/C19H20N2O/c1-2-14-17(15-6-3-4-7-16(15)20-18(14)22)21-12-10-19(11-13-21)8-5-9-19/h1,3-4,6-7H,5,8-13H2,(H,20,22). The van der Waals surface area contributed by atoms with Gasteiger partial charge in [0.15, 0.2) is 0 Å². The summed E-state index contributed by atoms with van der Waals surface area (Å²) in [6, 6.07) is 7.94. The summed E-state index contributed by atoms with van der Waals surface area (Å²) < 4.78 is 0. The Morgan fingerprint density at radius 1 is 1.14 bits per heavy atom. The molecule has 3 nitrogen and oxygen atoms in total. The van der Waals surface area contributed by atoms with E-state index in [1.54, 1.807) is 0 Å².